The van der Waals surface area contributed by atoms with Gasteiger partial charge in [-0.25, -0.2) is 19.4 Å². The summed E-state index contributed by atoms with van der Waals surface area (Å²) in [5, 5.41) is 24.5. The van der Waals surface area contributed by atoms with Gasteiger partial charge < -0.3 is 24.7 Å². The molecule has 5 rings (SSSR count). The zero-order chi connectivity index (χ0) is 26.9. The molecule has 1 fully saturated rings. The number of pyridine rings is 2. The summed E-state index contributed by atoms with van der Waals surface area (Å²) in [5.41, 5.74) is 1.54. The van der Waals surface area contributed by atoms with Gasteiger partial charge in [-0.3, -0.25) is 9.97 Å². The average molecular weight is 519 g/mol. The first-order valence-electron chi connectivity index (χ1n) is 12.4. The highest BCUT2D eigenvalue weighted by atomic mass is 16.6. The Morgan fingerprint density at radius 3 is 2.53 bits per heavy atom. The lowest BCUT2D eigenvalue weighted by molar-refractivity contribution is 0.0240. The Bertz CT molecular complexity index is 1440. The second kappa shape index (κ2) is 10.3. The largest absolute Gasteiger partial charge is 0.444 e. The van der Waals surface area contributed by atoms with Gasteiger partial charge >= 0.3 is 6.09 Å². The molecule has 4 aromatic heterocycles. The first kappa shape index (κ1) is 25.5. The smallest absolute Gasteiger partial charge is 0.410 e. The van der Waals surface area contributed by atoms with Crippen LogP contribution in [0.2, 0.25) is 0 Å². The Morgan fingerprint density at radius 2 is 1.79 bits per heavy atom. The molecule has 2 N–H and O–H groups in total. The van der Waals surface area contributed by atoms with Gasteiger partial charge in [0.2, 0.25) is 0 Å². The number of amides is 1. The summed E-state index contributed by atoms with van der Waals surface area (Å²) in [5.74, 6) is 1.43. The minimum absolute atomic E-state index is 0.265. The predicted molar refractivity (Wildman–Crippen MR) is 140 cm³/mol. The van der Waals surface area contributed by atoms with Gasteiger partial charge in [-0.15, -0.1) is 0 Å². The van der Waals surface area contributed by atoms with Gasteiger partial charge in [0.25, 0.3) is 0 Å². The fourth-order valence-corrected chi connectivity index (χ4v) is 4.15. The van der Waals surface area contributed by atoms with Gasteiger partial charge in [-0.1, -0.05) is 6.07 Å². The fraction of sp³-hybridized carbons (Fsp3) is 0.385. The second-order valence-corrected chi connectivity index (χ2v) is 10.0. The lowest BCUT2D eigenvalue weighted by atomic mass is 10.2. The summed E-state index contributed by atoms with van der Waals surface area (Å²) < 4.78 is 7.23. The van der Waals surface area contributed by atoms with E-state index in [2.05, 4.69) is 25.0 Å². The molecular formula is C26H30N8O4. The summed E-state index contributed by atoms with van der Waals surface area (Å²) >= 11 is 0. The highest BCUT2D eigenvalue weighted by Gasteiger charge is 2.26. The third-order valence-corrected chi connectivity index (χ3v) is 6.07. The van der Waals surface area contributed by atoms with Crippen molar-refractivity contribution in [1.29, 1.82) is 0 Å². The molecule has 0 radical (unpaired) electrons. The van der Waals surface area contributed by atoms with Crippen LogP contribution in [0.5, 0.6) is 0 Å². The SMILES string of the molecule is CC(C)(C)OC(=O)N1CCN(c2cccc(-n3ncc4cnc(-c5cncc(C(O)CO)n5)cc43)n2)CC1. The van der Waals surface area contributed by atoms with Crippen LogP contribution in [-0.2, 0) is 4.74 Å². The molecule has 1 unspecified atom stereocenters. The molecule has 0 spiro atoms. The minimum atomic E-state index is -1.12. The molecular weight excluding hydrogens is 488 g/mol. The number of nitrogens with zero attached hydrogens (tertiary/aromatic N) is 8. The van der Waals surface area contributed by atoms with E-state index in [-0.39, 0.29) is 11.8 Å². The van der Waals surface area contributed by atoms with E-state index in [0.717, 1.165) is 16.7 Å². The predicted octanol–water partition coefficient (Wildman–Crippen LogP) is 2.36. The highest BCUT2D eigenvalue weighted by Crippen LogP contribution is 2.24. The number of fused-ring (bicyclic) bond motifs is 1. The molecule has 4 aromatic rings. The van der Waals surface area contributed by atoms with Crippen LogP contribution in [0.1, 0.15) is 32.6 Å². The molecule has 12 heteroatoms. The Labute approximate surface area is 219 Å². The van der Waals surface area contributed by atoms with E-state index in [4.69, 9.17) is 9.72 Å². The second-order valence-electron chi connectivity index (χ2n) is 10.0. The molecule has 1 amide bonds. The van der Waals surface area contributed by atoms with Crippen molar-refractivity contribution in [1.82, 2.24) is 34.6 Å². The molecule has 5 heterocycles. The number of aliphatic hydroxyl groups excluding tert-OH is 2. The van der Waals surface area contributed by atoms with Crippen LogP contribution in [0.4, 0.5) is 10.6 Å². The summed E-state index contributed by atoms with van der Waals surface area (Å²) in [6, 6.07) is 7.60. The van der Waals surface area contributed by atoms with Gasteiger partial charge in [-0.05, 0) is 39.0 Å². The van der Waals surface area contributed by atoms with Gasteiger partial charge in [0.05, 0.1) is 42.1 Å². The van der Waals surface area contributed by atoms with Crippen molar-refractivity contribution in [3.8, 4) is 17.2 Å². The van der Waals surface area contributed by atoms with Gasteiger partial charge in [0.15, 0.2) is 5.82 Å². The number of carbonyl (C=O) groups is 1. The normalized spacial score (nSPS) is 15.1. The summed E-state index contributed by atoms with van der Waals surface area (Å²) in [4.78, 5) is 34.1. The fourth-order valence-electron chi connectivity index (χ4n) is 4.15. The maximum absolute atomic E-state index is 12.4. The number of ether oxygens (including phenoxy) is 1. The Kier molecular flexibility index (Phi) is 6.91. The van der Waals surface area contributed by atoms with Crippen molar-refractivity contribution in [3.05, 3.63) is 54.7 Å². The molecule has 0 saturated carbocycles. The van der Waals surface area contributed by atoms with Crippen LogP contribution in [0.15, 0.2) is 49.1 Å². The topological polar surface area (TPSA) is 143 Å². The number of hydrogen-bond acceptors (Lipinski definition) is 10. The van der Waals surface area contributed by atoms with Crippen LogP contribution in [0.3, 0.4) is 0 Å². The molecule has 1 aliphatic heterocycles. The van der Waals surface area contributed by atoms with Gasteiger partial charge in [0.1, 0.15) is 23.2 Å². The first-order valence-corrected chi connectivity index (χ1v) is 12.4. The zero-order valence-electron chi connectivity index (χ0n) is 21.5. The van der Waals surface area contributed by atoms with Crippen LogP contribution in [0.25, 0.3) is 28.1 Å². The maximum atomic E-state index is 12.4. The van der Waals surface area contributed by atoms with Gasteiger partial charge in [-0.2, -0.15) is 5.10 Å². The quantitative estimate of drug-likeness (QED) is 0.404. The number of anilines is 1. The molecule has 1 aliphatic rings. The van der Waals surface area contributed by atoms with E-state index in [9.17, 15) is 15.0 Å². The lowest BCUT2D eigenvalue weighted by Gasteiger charge is -2.36. The summed E-state index contributed by atoms with van der Waals surface area (Å²) in [7, 11) is 0. The molecule has 198 valence electrons. The number of aliphatic hydroxyl groups is 2. The van der Waals surface area contributed by atoms with Crippen LogP contribution in [0, 0.1) is 0 Å². The van der Waals surface area contributed by atoms with Crippen LogP contribution >= 0.6 is 0 Å². The van der Waals surface area contributed by atoms with E-state index in [0.29, 0.717) is 43.4 Å². The Balaban J connectivity index is 1.37. The van der Waals surface area contributed by atoms with Crippen molar-refractivity contribution >= 4 is 22.8 Å². The standard InChI is InChI=1S/C26H30N8O4/c1-26(2,3)38-25(37)33-9-7-32(8-10-33)23-5-4-6-24(31-23)34-21-11-18(28-12-17(21)13-29-34)19-14-27-15-20(30-19)22(36)16-35/h4-6,11-15,22,35-36H,7-10,16H2,1-3H3. The van der Waals surface area contributed by atoms with Crippen LogP contribution < -0.4 is 4.90 Å². The molecule has 0 aliphatic carbocycles. The third kappa shape index (κ3) is 5.41. The lowest BCUT2D eigenvalue weighted by Crippen LogP contribution is -2.50. The molecule has 0 bridgehead atoms. The Morgan fingerprint density at radius 1 is 1.03 bits per heavy atom. The number of aromatic nitrogens is 6. The number of rotatable bonds is 5. The summed E-state index contributed by atoms with van der Waals surface area (Å²) in [6.07, 6.45) is 4.97. The molecule has 12 nitrogen and oxygen atoms in total. The van der Waals surface area contributed by atoms with E-state index >= 15 is 0 Å². The summed E-state index contributed by atoms with van der Waals surface area (Å²) in [6.45, 7) is 7.51. The van der Waals surface area contributed by atoms with Crippen molar-refractivity contribution in [2.45, 2.75) is 32.5 Å². The third-order valence-electron chi connectivity index (χ3n) is 6.07. The van der Waals surface area contributed by atoms with Crippen molar-refractivity contribution in [3.63, 3.8) is 0 Å². The maximum Gasteiger partial charge on any atom is 0.410 e. The molecule has 1 atom stereocenters. The monoisotopic (exact) mass is 518 g/mol. The van der Waals surface area contributed by atoms with Crippen LogP contribution in [-0.4, -0.2) is 89.3 Å². The minimum Gasteiger partial charge on any atom is -0.444 e. The molecule has 1 saturated heterocycles. The Hall–Kier alpha value is -4.16. The van der Waals surface area contributed by atoms with E-state index in [1.807, 2.05) is 45.0 Å². The molecule has 0 aromatic carbocycles. The highest BCUT2D eigenvalue weighted by molar-refractivity contribution is 5.82. The zero-order valence-corrected chi connectivity index (χ0v) is 21.5. The van der Waals surface area contributed by atoms with E-state index in [1.165, 1.54) is 6.20 Å². The molecule has 38 heavy (non-hydrogen) atoms. The van der Waals surface area contributed by atoms with E-state index in [1.54, 1.807) is 28.2 Å². The average Bonchev–Trinajstić information content (AvgIpc) is 3.35. The van der Waals surface area contributed by atoms with Crippen molar-refractivity contribution < 1.29 is 19.7 Å². The van der Waals surface area contributed by atoms with Gasteiger partial charge in [0, 0.05) is 37.8 Å². The van der Waals surface area contributed by atoms with Crippen molar-refractivity contribution in [2.24, 2.45) is 0 Å². The van der Waals surface area contributed by atoms with Crippen molar-refractivity contribution in [2.75, 3.05) is 37.7 Å². The first-order chi connectivity index (χ1) is 18.2. The number of piperazine rings is 1. The number of hydrogen-bond donors (Lipinski definition) is 2. The van der Waals surface area contributed by atoms with E-state index < -0.39 is 18.3 Å². The number of carbonyl (C=O) groups excluding carboxylic acids is 1.